The maximum atomic E-state index is 11.9. The number of hydrogen-bond donors (Lipinski definition) is 1. The quantitative estimate of drug-likeness (QED) is 0.852. The van der Waals surface area contributed by atoms with Crippen LogP contribution in [0.15, 0.2) is 29.6 Å². The summed E-state index contributed by atoms with van der Waals surface area (Å²) in [5.41, 5.74) is 1.04. The van der Waals surface area contributed by atoms with E-state index in [0.29, 0.717) is 25.5 Å². The topological polar surface area (TPSA) is 64.7 Å². The van der Waals surface area contributed by atoms with Crippen molar-refractivity contribution in [3.63, 3.8) is 0 Å². The molecular weight excluding hydrogens is 230 g/mol. The highest BCUT2D eigenvalue weighted by Crippen LogP contribution is 1.96. The summed E-state index contributed by atoms with van der Waals surface area (Å²) >= 11 is 0. The third kappa shape index (κ3) is 2.77. The maximum absolute atomic E-state index is 11.9. The van der Waals surface area contributed by atoms with Crippen LogP contribution >= 0.6 is 0 Å². The first-order valence-electron chi connectivity index (χ1n) is 5.99. The Morgan fingerprint density at radius 3 is 2.94 bits per heavy atom. The van der Waals surface area contributed by atoms with Crippen LogP contribution in [0, 0.1) is 6.92 Å². The summed E-state index contributed by atoms with van der Waals surface area (Å²) in [6, 6.07) is 0. The molecule has 96 valence electrons. The standard InChI is InChI=1S/C12H17N5O/c1-3-16-6-4-13-11(12(16)18)14-5-7-17-9-10(2)8-15-17/h4,6,8-9H,3,5,7H2,1-2H3,(H,13,14). The van der Waals surface area contributed by atoms with Gasteiger partial charge in [0.1, 0.15) is 0 Å². The van der Waals surface area contributed by atoms with Gasteiger partial charge in [0.25, 0.3) is 5.56 Å². The van der Waals surface area contributed by atoms with Gasteiger partial charge in [0.05, 0.1) is 12.7 Å². The number of aryl methyl sites for hydroxylation is 2. The molecule has 0 fully saturated rings. The van der Waals surface area contributed by atoms with Crippen molar-refractivity contribution in [3.05, 3.63) is 40.7 Å². The predicted octanol–water partition coefficient (Wildman–Crippen LogP) is 0.880. The highest BCUT2D eigenvalue weighted by atomic mass is 16.1. The first-order valence-corrected chi connectivity index (χ1v) is 5.99. The SMILES string of the molecule is CCn1ccnc(NCCn2cc(C)cn2)c1=O. The zero-order valence-corrected chi connectivity index (χ0v) is 10.6. The van der Waals surface area contributed by atoms with Gasteiger partial charge in [-0.2, -0.15) is 5.10 Å². The molecule has 1 N–H and O–H groups in total. The van der Waals surface area contributed by atoms with Crippen LogP contribution in [0.3, 0.4) is 0 Å². The Kier molecular flexibility index (Phi) is 3.76. The molecule has 6 nitrogen and oxygen atoms in total. The summed E-state index contributed by atoms with van der Waals surface area (Å²) in [4.78, 5) is 15.9. The van der Waals surface area contributed by atoms with Crippen LogP contribution in [-0.2, 0) is 13.1 Å². The third-order valence-corrected chi connectivity index (χ3v) is 2.65. The van der Waals surface area contributed by atoms with E-state index in [1.807, 2.05) is 30.9 Å². The van der Waals surface area contributed by atoms with Gasteiger partial charge in [-0.1, -0.05) is 0 Å². The van der Waals surface area contributed by atoms with Gasteiger partial charge < -0.3 is 9.88 Å². The fraction of sp³-hybridized carbons (Fsp3) is 0.417. The number of nitrogens with one attached hydrogen (secondary N) is 1. The second kappa shape index (κ2) is 5.48. The Balaban J connectivity index is 1.96. The van der Waals surface area contributed by atoms with Crippen molar-refractivity contribution in [2.75, 3.05) is 11.9 Å². The molecule has 2 rings (SSSR count). The smallest absolute Gasteiger partial charge is 0.293 e. The van der Waals surface area contributed by atoms with Crippen LogP contribution in [-0.4, -0.2) is 25.9 Å². The van der Waals surface area contributed by atoms with E-state index in [-0.39, 0.29) is 5.56 Å². The van der Waals surface area contributed by atoms with Gasteiger partial charge in [-0.25, -0.2) is 4.98 Å². The second-order valence-corrected chi connectivity index (χ2v) is 4.07. The molecule has 0 amide bonds. The largest absolute Gasteiger partial charge is 0.364 e. The van der Waals surface area contributed by atoms with Gasteiger partial charge in [0.15, 0.2) is 5.82 Å². The van der Waals surface area contributed by atoms with Gasteiger partial charge in [-0.3, -0.25) is 9.48 Å². The van der Waals surface area contributed by atoms with Crippen LogP contribution in [0.1, 0.15) is 12.5 Å². The predicted molar refractivity (Wildman–Crippen MR) is 69.6 cm³/mol. The monoisotopic (exact) mass is 247 g/mol. The Morgan fingerprint density at radius 1 is 1.44 bits per heavy atom. The normalized spacial score (nSPS) is 10.6. The number of anilines is 1. The lowest BCUT2D eigenvalue weighted by molar-refractivity contribution is 0.634. The minimum absolute atomic E-state index is 0.0864. The summed E-state index contributed by atoms with van der Waals surface area (Å²) in [5, 5.41) is 7.22. The molecular formula is C12H17N5O. The summed E-state index contributed by atoms with van der Waals surface area (Å²) in [7, 11) is 0. The molecule has 0 radical (unpaired) electrons. The molecule has 6 heteroatoms. The molecule has 0 spiro atoms. The van der Waals surface area contributed by atoms with Gasteiger partial charge in [0.2, 0.25) is 0 Å². The summed E-state index contributed by atoms with van der Waals surface area (Å²) < 4.78 is 3.46. The number of hydrogen-bond acceptors (Lipinski definition) is 4. The molecule has 0 saturated carbocycles. The second-order valence-electron chi connectivity index (χ2n) is 4.07. The molecule has 2 aromatic rings. The van der Waals surface area contributed by atoms with Crippen molar-refractivity contribution in [3.8, 4) is 0 Å². The van der Waals surface area contributed by atoms with E-state index in [0.717, 1.165) is 5.56 Å². The average molecular weight is 247 g/mol. The minimum Gasteiger partial charge on any atom is -0.364 e. The Bertz CT molecular complexity index is 572. The number of nitrogens with zero attached hydrogens (tertiary/aromatic N) is 4. The molecule has 0 saturated heterocycles. The van der Waals surface area contributed by atoms with Crippen LogP contribution in [0.5, 0.6) is 0 Å². The van der Waals surface area contributed by atoms with E-state index in [9.17, 15) is 4.79 Å². The number of aromatic nitrogens is 4. The first kappa shape index (κ1) is 12.3. The fourth-order valence-corrected chi connectivity index (χ4v) is 1.70. The zero-order chi connectivity index (χ0) is 13.0. The highest BCUT2D eigenvalue weighted by molar-refractivity contribution is 5.30. The van der Waals surface area contributed by atoms with Gasteiger partial charge in [-0.05, 0) is 19.4 Å². The van der Waals surface area contributed by atoms with Gasteiger partial charge >= 0.3 is 0 Å². The molecule has 2 aromatic heterocycles. The number of rotatable bonds is 5. The van der Waals surface area contributed by atoms with Crippen molar-refractivity contribution in [2.24, 2.45) is 0 Å². The zero-order valence-electron chi connectivity index (χ0n) is 10.6. The van der Waals surface area contributed by atoms with E-state index in [4.69, 9.17) is 0 Å². The lowest BCUT2D eigenvalue weighted by Crippen LogP contribution is -2.25. The third-order valence-electron chi connectivity index (χ3n) is 2.65. The van der Waals surface area contributed by atoms with E-state index < -0.39 is 0 Å². The van der Waals surface area contributed by atoms with Gasteiger partial charge in [-0.15, -0.1) is 0 Å². The van der Waals surface area contributed by atoms with Crippen molar-refractivity contribution in [2.45, 2.75) is 26.9 Å². The van der Waals surface area contributed by atoms with E-state index >= 15 is 0 Å². The Labute approximate surface area is 105 Å². The van der Waals surface area contributed by atoms with E-state index in [1.165, 1.54) is 0 Å². The molecule has 0 aliphatic heterocycles. The summed E-state index contributed by atoms with van der Waals surface area (Å²) in [5.74, 6) is 0.392. The minimum atomic E-state index is -0.0864. The van der Waals surface area contributed by atoms with Crippen LogP contribution in [0.4, 0.5) is 5.82 Å². The lowest BCUT2D eigenvalue weighted by atomic mass is 10.4. The molecule has 18 heavy (non-hydrogen) atoms. The molecule has 0 aromatic carbocycles. The highest BCUT2D eigenvalue weighted by Gasteiger charge is 2.02. The van der Waals surface area contributed by atoms with Crippen molar-refractivity contribution in [1.82, 2.24) is 19.3 Å². The maximum Gasteiger partial charge on any atom is 0.293 e. The molecule has 0 atom stereocenters. The average Bonchev–Trinajstić information content (AvgIpc) is 2.77. The van der Waals surface area contributed by atoms with Crippen molar-refractivity contribution in [1.29, 1.82) is 0 Å². The van der Waals surface area contributed by atoms with E-state index in [1.54, 1.807) is 17.0 Å². The molecule has 0 aliphatic carbocycles. The Hall–Kier alpha value is -2.11. The Morgan fingerprint density at radius 2 is 2.28 bits per heavy atom. The van der Waals surface area contributed by atoms with Gasteiger partial charge in [0, 0.05) is 31.7 Å². The summed E-state index contributed by atoms with van der Waals surface area (Å²) in [6.45, 7) is 5.90. The van der Waals surface area contributed by atoms with Crippen LogP contribution in [0.2, 0.25) is 0 Å². The molecule has 2 heterocycles. The molecule has 0 aliphatic rings. The molecule has 0 unspecified atom stereocenters. The fourth-order valence-electron chi connectivity index (χ4n) is 1.70. The van der Waals surface area contributed by atoms with Crippen LogP contribution in [0.25, 0.3) is 0 Å². The van der Waals surface area contributed by atoms with Crippen LogP contribution < -0.4 is 10.9 Å². The lowest BCUT2D eigenvalue weighted by Gasteiger charge is -2.07. The first-order chi connectivity index (χ1) is 8.70. The molecule has 0 bridgehead atoms. The van der Waals surface area contributed by atoms with Crippen molar-refractivity contribution >= 4 is 5.82 Å². The van der Waals surface area contributed by atoms with E-state index in [2.05, 4.69) is 15.4 Å². The van der Waals surface area contributed by atoms with Crippen molar-refractivity contribution < 1.29 is 0 Å². The summed E-state index contributed by atoms with van der Waals surface area (Å²) in [6.07, 6.45) is 7.09.